The zero-order valence-electron chi connectivity index (χ0n) is 13.8. The monoisotopic (exact) mass is 354 g/mol. The first-order valence-corrected chi connectivity index (χ1v) is 8.70. The molecule has 3 rings (SSSR count). The summed E-state index contributed by atoms with van der Waals surface area (Å²) in [5.41, 5.74) is 2.97. The van der Waals surface area contributed by atoms with E-state index < -0.39 is 0 Å². The van der Waals surface area contributed by atoms with Crippen molar-refractivity contribution >= 4 is 17.2 Å². The fourth-order valence-corrected chi connectivity index (χ4v) is 2.94. The molecule has 0 aliphatic rings. The molecule has 0 saturated heterocycles. The van der Waals surface area contributed by atoms with Crippen LogP contribution >= 0.6 is 11.3 Å². The SMILES string of the molecule is COc1ccccc1OCC(=O)NCc1ccnc(-c2ccsc2)c1. The largest absolute Gasteiger partial charge is 0.493 e. The van der Waals surface area contributed by atoms with Crippen LogP contribution in [0.2, 0.25) is 0 Å². The van der Waals surface area contributed by atoms with E-state index in [0.717, 1.165) is 16.8 Å². The zero-order chi connectivity index (χ0) is 17.5. The van der Waals surface area contributed by atoms with Gasteiger partial charge in [-0.1, -0.05) is 12.1 Å². The Morgan fingerprint density at radius 2 is 2.04 bits per heavy atom. The van der Waals surface area contributed by atoms with Crippen LogP contribution < -0.4 is 14.8 Å². The summed E-state index contributed by atoms with van der Waals surface area (Å²) in [4.78, 5) is 16.4. The van der Waals surface area contributed by atoms with Crippen LogP contribution in [-0.2, 0) is 11.3 Å². The predicted octanol–water partition coefficient (Wildman–Crippen LogP) is 3.51. The first-order chi connectivity index (χ1) is 12.3. The van der Waals surface area contributed by atoms with Gasteiger partial charge in [0.05, 0.1) is 12.8 Å². The second kappa shape index (κ2) is 8.30. The van der Waals surface area contributed by atoms with E-state index in [2.05, 4.69) is 10.3 Å². The Bertz CT molecular complexity index is 834. The molecule has 0 radical (unpaired) electrons. The number of benzene rings is 1. The van der Waals surface area contributed by atoms with Crippen LogP contribution in [0, 0.1) is 0 Å². The third-order valence-corrected chi connectivity index (χ3v) is 4.24. The summed E-state index contributed by atoms with van der Waals surface area (Å²) in [6.45, 7) is 0.358. The van der Waals surface area contributed by atoms with Gasteiger partial charge >= 0.3 is 0 Å². The van der Waals surface area contributed by atoms with Crippen LogP contribution in [0.1, 0.15) is 5.56 Å². The van der Waals surface area contributed by atoms with Crippen molar-refractivity contribution in [1.29, 1.82) is 0 Å². The molecule has 6 heteroatoms. The number of ether oxygens (including phenoxy) is 2. The van der Waals surface area contributed by atoms with Crippen molar-refractivity contribution in [2.24, 2.45) is 0 Å². The van der Waals surface area contributed by atoms with E-state index in [1.54, 1.807) is 36.8 Å². The van der Waals surface area contributed by atoms with Gasteiger partial charge in [-0.3, -0.25) is 9.78 Å². The van der Waals surface area contributed by atoms with Gasteiger partial charge < -0.3 is 14.8 Å². The molecular weight excluding hydrogens is 336 g/mol. The molecule has 0 unspecified atom stereocenters. The highest BCUT2D eigenvalue weighted by Crippen LogP contribution is 2.25. The fourth-order valence-electron chi connectivity index (χ4n) is 2.29. The average molecular weight is 354 g/mol. The third-order valence-electron chi connectivity index (χ3n) is 3.56. The Kier molecular flexibility index (Phi) is 5.64. The lowest BCUT2D eigenvalue weighted by atomic mass is 10.1. The number of para-hydroxylation sites is 2. The third kappa shape index (κ3) is 4.58. The summed E-state index contributed by atoms with van der Waals surface area (Å²) in [6, 6.07) is 13.1. The normalized spacial score (nSPS) is 10.3. The Balaban J connectivity index is 1.53. The number of carbonyl (C=O) groups is 1. The van der Waals surface area contributed by atoms with Crippen LogP contribution in [0.25, 0.3) is 11.3 Å². The highest BCUT2D eigenvalue weighted by molar-refractivity contribution is 7.08. The summed E-state index contributed by atoms with van der Waals surface area (Å²) in [6.07, 6.45) is 1.75. The number of methoxy groups -OCH3 is 1. The fraction of sp³-hybridized carbons (Fsp3) is 0.158. The smallest absolute Gasteiger partial charge is 0.258 e. The van der Waals surface area contributed by atoms with Gasteiger partial charge in [0, 0.05) is 23.7 Å². The van der Waals surface area contributed by atoms with Crippen LogP contribution in [0.5, 0.6) is 11.5 Å². The summed E-state index contributed by atoms with van der Waals surface area (Å²) in [7, 11) is 1.57. The minimum absolute atomic E-state index is 0.0666. The van der Waals surface area contributed by atoms with E-state index in [4.69, 9.17) is 9.47 Å². The standard InChI is InChI=1S/C19H18N2O3S/c1-23-17-4-2-3-5-18(17)24-12-19(22)21-11-14-6-8-20-16(10-14)15-7-9-25-13-15/h2-10,13H,11-12H2,1H3,(H,21,22). The number of thiophene rings is 1. The van der Waals surface area contributed by atoms with Gasteiger partial charge in [0.2, 0.25) is 0 Å². The van der Waals surface area contributed by atoms with Crippen molar-refractivity contribution in [3.05, 3.63) is 65.0 Å². The number of aromatic nitrogens is 1. The van der Waals surface area contributed by atoms with E-state index in [1.165, 1.54) is 0 Å². The average Bonchev–Trinajstić information content (AvgIpc) is 3.20. The molecule has 0 fully saturated rings. The van der Waals surface area contributed by atoms with Crippen LogP contribution in [0.4, 0.5) is 0 Å². The van der Waals surface area contributed by atoms with Gasteiger partial charge in [0.25, 0.3) is 5.91 Å². The summed E-state index contributed by atoms with van der Waals surface area (Å²) in [5.74, 6) is 0.952. The Morgan fingerprint density at radius 3 is 2.80 bits per heavy atom. The summed E-state index contributed by atoms with van der Waals surface area (Å²) < 4.78 is 10.7. The van der Waals surface area contributed by atoms with Crippen molar-refractivity contribution < 1.29 is 14.3 Å². The highest BCUT2D eigenvalue weighted by atomic mass is 32.1. The molecule has 2 aromatic heterocycles. The number of rotatable bonds is 7. The molecule has 5 nitrogen and oxygen atoms in total. The topological polar surface area (TPSA) is 60.5 Å². The van der Waals surface area contributed by atoms with Crippen LogP contribution in [0.3, 0.4) is 0 Å². The molecular formula is C19H18N2O3S. The molecule has 2 heterocycles. The molecule has 25 heavy (non-hydrogen) atoms. The number of hydrogen-bond acceptors (Lipinski definition) is 5. The van der Waals surface area contributed by atoms with Crippen molar-refractivity contribution in [2.45, 2.75) is 6.54 Å². The minimum atomic E-state index is -0.195. The number of nitrogens with one attached hydrogen (secondary N) is 1. The quantitative estimate of drug-likeness (QED) is 0.705. The number of hydrogen-bond donors (Lipinski definition) is 1. The number of nitrogens with zero attached hydrogens (tertiary/aromatic N) is 1. The molecule has 0 aliphatic carbocycles. The summed E-state index contributed by atoms with van der Waals surface area (Å²) >= 11 is 1.63. The van der Waals surface area contributed by atoms with Gasteiger partial charge in [-0.05, 0) is 41.3 Å². The molecule has 0 bridgehead atoms. The summed E-state index contributed by atoms with van der Waals surface area (Å²) in [5, 5.41) is 6.91. The van der Waals surface area contributed by atoms with E-state index in [0.29, 0.717) is 18.0 Å². The van der Waals surface area contributed by atoms with Crippen molar-refractivity contribution in [2.75, 3.05) is 13.7 Å². The Hall–Kier alpha value is -2.86. The first-order valence-electron chi connectivity index (χ1n) is 7.76. The lowest BCUT2D eigenvalue weighted by Gasteiger charge is -2.10. The molecule has 1 aromatic carbocycles. The van der Waals surface area contributed by atoms with Crippen LogP contribution in [0.15, 0.2) is 59.4 Å². The van der Waals surface area contributed by atoms with Crippen molar-refractivity contribution in [3.8, 4) is 22.8 Å². The maximum atomic E-state index is 12.0. The lowest BCUT2D eigenvalue weighted by Crippen LogP contribution is -2.28. The molecule has 0 aliphatic heterocycles. The molecule has 1 amide bonds. The van der Waals surface area contributed by atoms with Gasteiger partial charge in [-0.25, -0.2) is 0 Å². The molecule has 1 N–H and O–H groups in total. The van der Waals surface area contributed by atoms with Gasteiger partial charge in [-0.2, -0.15) is 11.3 Å². The molecule has 0 atom stereocenters. The second-order valence-corrected chi connectivity index (χ2v) is 6.06. The highest BCUT2D eigenvalue weighted by Gasteiger charge is 2.07. The maximum absolute atomic E-state index is 12.0. The molecule has 128 valence electrons. The van der Waals surface area contributed by atoms with Crippen LogP contribution in [-0.4, -0.2) is 24.6 Å². The van der Waals surface area contributed by atoms with E-state index in [9.17, 15) is 4.79 Å². The minimum Gasteiger partial charge on any atom is -0.493 e. The second-order valence-electron chi connectivity index (χ2n) is 5.28. The number of pyridine rings is 1. The number of carbonyl (C=O) groups excluding carboxylic acids is 1. The molecule has 3 aromatic rings. The first kappa shape index (κ1) is 17.0. The van der Waals surface area contributed by atoms with Gasteiger partial charge in [0.15, 0.2) is 18.1 Å². The zero-order valence-corrected chi connectivity index (χ0v) is 14.6. The Labute approximate surface area is 150 Å². The lowest BCUT2D eigenvalue weighted by molar-refractivity contribution is -0.123. The van der Waals surface area contributed by atoms with Gasteiger partial charge in [-0.15, -0.1) is 0 Å². The molecule has 0 saturated carbocycles. The van der Waals surface area contributed by atoms with E-state index in [1.807, 2.05) is 41.1 Å². The van der Waals surface area contributed by atoms with Crippen molar-refractivity contribution in [3.63, 3.8) is 0 Å². The molecule has 0 spiro atoms. The van der Waals surface area contributed by atoms with Crippen molar-refractivity contribution in [1.82, 2.24) is 10.3 Å². The predicted molar refractivity (Wildman–Crippen MR) is 97.9 cm³/mol. The van der Waals surface area contributed by atoms with Gasteiger partial charge in [0.1, 0.15) is 0 Å². The number of amides is 1. The van der Waals surface area contributed by atoms with E-state index >= 15 is 0 Å². The maximum Gasteiger partial charge on any atom is 0.258 e. The Morgan fingerprint density at radius 1 is 1.20 bits per heavy atom. The van der Waals surface area contributed by atoms with E-state index in [-0.39, 0.29) is 12.5 Å².